The van der Waals surface area contributed by atoms with Crippen LogP contribution in [-0.2, 0) is 12.8 Å². The molecule has 0 amide bonds. The molecule has 0 aromatic carbocycles. The molecule has 3 rings (SSSR count). The molecule has 2 aromatic heterocycles. The molecule has 0 unspecified atom stereocenters. The van der Waals surface area contributed by atoms with Crippen molar-refractivity contribution in [2.45, 2.75) is 40.0 Å². The fraction of sp³-hybridized carbons (Fsp3) is 0.421. The summed E-state index contributed by atoms with van der Waals surface area (Å²) in [5.74, 6) is 0.678. The number of nitriles is 1. The van der Waals surface area contributed by atoms with Crippen LogP contribution in [0.15, 0.2) is 29.5 Å². The Morgan fingerprint density at radius 1 is 1.35 bits per heavy atom. The van der Waals surface area contributed by atoms with Crippen LogP contribution in [0.3, 0.4) is 0 Å². The second-order valence-electron chi connectivity index (χ2n) is 7.14. The molecule has 23 heavy (non-hydrogen) atoms. The summed E-state index contributed by atoms with van der Waals surface area (Å²) in [5, 5.41) is 10.4. The van der Waals surface area contributed by atoms with E-state index in [2.05, 4.69) is 36.8 Å². The van der Waals surface area contributed by atoms with Gasteiger partial charge in [-0.05, 0) is 53.9 Å². The molecular formula is C19H21N3S. The third kappa shape index (κ3) is 3.35. The summed E-state index contributed by atoms with van der Waals surface area (Å²) in [6.07, 6.45) is 8.56. The summed E-state index contributed by atoms with van der Waals surface area (Å²) >= 11 is 1.69. The van der Waals surface area contributed by atoms with Gasteiger partial charge in [-0.1, -0.05) is 20.8 Å². The monoisotopic (exact) mass is 323 g/mol. The van der Waals surface area contributed by atoms with Crippen molar-refractivity contribution in [3.63, 3.8) is 0 Å². The van der Waals surface area contributed by atoms with Crippen molar-refractivity contribution in [3.05, 3.63) is 46.1 Å². The molecule has 3 nitrogen and oxygen atoms in total. The number of aromatic nitrogens is 1. The van der Waals surface area contributed by atoms with Crippen molar-refractivity contribution >= 4 is 22.6 Å². The molecule has 0 radical (unpaired) electrons. The highest BCUT2D eigenvalue weighted by Gasteiger charge is 2.32. The summed E-state index contributed by atoms with van der Waals surface area (Å²) in [5.41, 5.74) is 3.33. The normalized spacial score (nSPS) is 17.9. The Balaban J connectivity index is 1.91. The molecule has 0 N–H and O–H groups in total. The first-order chi connectivity index (χ1) is 11.0. The maximum atomic E-state index is 9.56. The fourth-order valence-corrected chi connectivity index (χ4v) is 4.32. The lowest BCUT2D eigenvalue weighted by Crippen LogP contribution is -2.26. The van der Waals surface area contributed by atoms with Crippen molar-refractivity contribution in [1.29, 1.82) is 5.26 Å². The summed E-state index contributed by atoms with van der Waals surface area (Å²) < 4.78 is 0. The van der Waals surface area contributed by atoms with E-state index in [4.69, 9.17) is 0 Å². The average molecular weight is 323 g/mol. The molecule has 118 valence electrons. The smallest absolute Gasteiger partial charge is 0.134 e. The standard InChI is InChI=1S/C19H21N3S/c1-19(2,3)14-4-5-15-16(11-20)18(23-17(15)10-14)22-12-13-6-8-21-9-7-13/h6-9,12,14H,4-5,10H2,1-3H3/t14-/m1/s1. The molecular weight excluding hydrogens is 302 g/mol. The minimum absolute atomic E-state index is 0.314. The van der Waals surface area contributed by atoms with Crippen molar-refractivity contribution in [2.24, 2.45) is 16.3 Å². The molecule has 0 saturated carbocycles. The molecule has 0 fully saturated rings. The van der Waals surface area contributed by atoms with Crippen LogP contribution in [0.25, 0.3) is 0 Å². The predicted octanol–water partition coefficient (Wildman–Crippen LogP) is 4.92. The molecule has 0 aliphatic heterocycles. The fourth-order valence-electron chi connectivity index (χ4n) is 3.10. The molecule has 2 heterocycles. The van der Waals surface area contributed by atoms with Gasteiger partial charge >= 0.3 is 0 Å². The van der Waals surface area contributed by atoms with Crippen LogP contribution in [0, 0.1) is 22.7 Å². The van der Waals surface area contributed by atoms with Crippen molar-refractivity contribution in [1.82, 2.24) is 4.98 Å². The van der Waals surface area contributed by atoms with E-state index in [1.807, 2.05) is 18.3 Å². The third-order valence-corrected chi connectivity index (χ3v) is 5.78. The van der Waals surface area contributed by atoms with Crippen molar-refractivity contribution < 1.29 is 0 Å². The number of hydrogen-bond acceptors (Lipinski definition) is 4. The van der Waals surface area contributed by atoms with E-state index in [9.17, 15) is 5.26 Å². The van der Waals surface area contributed by atoms with E-state index in [-0.39, 0.29) is 0 Å². The Kier molecular flexibility index (Phi) is 4.32. The van der Waals surface area contributed by atoms with Crippen LogP contribution in [-0.4, -0.2) is 11.2 Å². The van der Waals surface area contributed by atoms with Crippen LogP contribution in [0.5, 0.6) is 0 Å². The third-order valence-electron chi connectivity index (χ3n) is 4.62. The number of nitrogens with zero attached hydrogens (tertiary/aromatic N) is 3. The number of thiophene rings is 1. The highest BCUT2D eigenvalue weighted by Crippen LogP contribution is 2.44. The van der Waals surface area contributed by atoms with Gasteiger partial charge < -0.3 is 0 Å². The van der Waals surface area contributed by atoms with E-state index in [0.717, 1.165) is 35.4 Å². The Labute approximate surface area is 141 Å². The number of hydrogen-bond donors (Lipinski definition) is 0. The van der Waals surface area contributed by atoms with Crippen LogP contribution in [0.2, 0.25) is 0 Å². The van der Waals surface area contributed by atoms with Gasteiger partial charge in [0.05, 0.1) is 5.56 Å². The zero-order chi connectivity index (χ0) is 16.4. The average Bonchev–Trinajstić information content (AvgIpc) is 2.89. The largest absolute Gasteiger partial charge is 0.265 e. The highest BCUT2D eigenvalue weighted by atomic mass is 32.1. The van der Waals surface area contributed by atoms with Gasteiger partial charge in [0.1, 0.15) is 11.1 Å². The quantitative estimate of drug-likeness (QED) is 0.737. The molecule has 1 atom stereocenters. The van der Waals surface area contributed by atoms with E-state index in [1.54, 1.807) is 23.7 Å². The second-order valence-corrected chi connectivity index (χ2v) is 8.22. The van der Waals surface area contributed by atoms with Crippen molar-refractivity contribution in [2.75, 3.05) is 0 Å². The molecule has 0 bridgehead atoms. The van der Waals surface area contributed by atoms with Crippen LogP contribution in [0.1, 0.15) is 48.8 Å². The van der Waals surface area contributed by atoms with Crippen LogP contribution in [0.4, 0.5) is 5.00 Å². The molecule has 4 heteroatoms. The maximum Gasteiger partial charge on any atom is 0.134 e. The van der Waals surface area contributed by atoms with Gasteiger partial charge in [-0.25, -0.2) is 4.99 Å². The van der Waals surface area contributed by atoms with E-state index in [0.29, 0.717) is 11.3 Å². The minimum Gasteiger partial charge on any atom is -0.265 e. The van der Waals surface area contributed by atoms with Gasteiger partial charge in [-0.3, -0.25) is 4.98 Å². The topological polar surface area (TPSA) is 49.0 Å². The molecule has 0 saturated heterocycles. The Morgan fingerprint density at radius 2 is 2.09 bits per heavy atom. The Hall–Kier alpha value is -1.99. The van der Waals surface area contributed by atoms with E-state index in [1.165, 1.54) is 10.4 Å². The lowest BCUT2D eigenvalue weighted by atomic mass is 9.72. The van der Waals surface area contributed by atoms with Gasteiger partial charge in [0, 0.05) is 23.5 Å². The second kappa shape index (κ2) is 6.25. The molecule has 2 aromatic rings. The summed E-state index contributed by atoms with van der Waals surface area (Å²) in [7, 11) is 0. The van der Waals surface area contributed by atoms with Crippen LogP contribution < -0.4 is 0 Å². The van der Waals surface area contributed by atoms with Crippen molar-refractivity contribution in [3.8, 4) is 6.07 Å². The first-order valence-electron chi connectivity index (χ1n) is 7.98. The van der Waals surface area contributed by atoms with Gasteiger partial charge in [0.15, 0.2) is 0 Å². The van der Waals surface area contributed by atoms with E-state index < -0.39 is 0 Å². The summed E-state index contributed by atoms with van der Waals surface area (Å²) in [6.45, 7) is 6.93. The number of aliphatic imine (C=N–C) groups is 1. The summed E-state index contributed by atoms with van der Waals surface area (Å²) in [4.78, 5) is 9.95. The first kappa shape index (κ1) is 15.9. The molecule has 0 spiro atoms. The van der Waals surface area contributed by atoms with E-state index >= 15 is 0 Å². The lowest BCUT2D eigenvalue weighted by molar-refractivity contribution is 0.218. The zero-order valence-corrected chi connectivity index (χ0v) is 14.7. The van der Waals surface area contributed by atoms with Gasteiger partial charge in [-0.15, -0.1) is 11.3 Å². The minimum atomic E-state index is 0.314. The van der Waals surface area contributed by atoms with Crippen LogP contribution >= 0.6 is 11.3 Å². The van der Waals surface area contributed by atoms with Gasteiger partial charge in [-0.2, -0.15) is 5.26 Å². The van der Waals surface area contributed by atoms with Gasteiger partial charge in [0.2, 0.25) is 0 Å². The molecule has 1 aliphatic carbocycles. The number of fused-ring (bicyclic) bond motifs is 1. The summed E-state index contributed by atoms with van der Waals surface area (Å²) in [6, 6.07) is 6.21. The Morgan fingerprint density at radius 3 is 2.74 bits per heavy atom. The SMILES string of the molecule is CC(C)(C)[C@@H]1CCc2c(sc(N=Cc3ccncc3)c2C#N)C1. The highest BCUT2D eigenvalue weighted by molar-refractivity contribution is 7.16. The lowest BCUT2D eigenvalue weighted by Gasteiger charge is -2.33. The Bertz CT molecular complexity index is 760. The zero-order valence-electron chi connectivity index (χ0n) is 13.8. The first-order valence-corrected chi connectivity index (χ1v) is 8.79. The predicted molar refractivity (Wildman–Crippen MR) is 95.5 cm³/mol. The molecule has 1 aliphatic rings. The maximum absolute atomic E-state index is 9.56. The number of pyridine rings is 1. The van der Waals surface area contributed by atoms with Gasteiger partial charge in [0.25, 0.3) is 0 Å². The number of rotatable bonds is 2.